The van der Waals surface area contributed by atoms with Crippen molar-refractivity contribution < 1.29 is 14.3 Å². The molecule has 2 bridgehead atoms. The molecule has 2 fully saturated rings. The van der Waals surface area contributed by atoms with Gasteiger partial charge in [-0.25, -0.2) is 4.98 Å². The molecule has 1 aromatic carbocycles. The number of amides is 1. The van der Waals surface area contributed by atoms with Gasteiger partial charge in [0.15, 0.2) is 0 Å². The quantitative estimate of drug-likeness (QED) is 0.783. The molecule has 0 saturated carbocycles. The van der Waals surface area contributed by atoms with Gasteiger partial charge in [-0.2, -0.15) is 0 Å². The van der Waals surface area contributed by atoms with Crippen molar-refractivity contribution in [3.63, 3.8) is 0 Å². The largest absolute Gasteiger partial charge is 0.497 e. The van der Waals surface area contributed by atoms with Crippen molar-refractivity contribution in [1.82, 2.24) is 9.88 Å². The summed E-state index contributed by atoms with van der Waals surface area (Å²) in [6.45, 7) is 0. The topological polar surface area (TPSA) is 51.7 Å². The fourth-order valence-corrected chi connectivity index (χ4v) is 4.39. The fraction of sp³-hybridized carbons (Fsp3) is 0.455. The number of rotatable bonds is 6. The van der Waals surface area contributed by atoms with E-state index < -0.39 is 0 Å². The molecule has 2 atom stereocenters. The van der Waals surface area contributed by atoms with Gasteiger partial charge in [0.1, 0.15) is 11.9 Å². The van der Waals surface area contributed by atoms with Crippen LogP contribution < -0.4 is 9.47 Å². The van der Waals surface area contributed by atoms with Crippen LogP contribution >= 0.6 is 0 Å². The van der Waals surface area contributed by atoms with Gasteiger partial charge in [0.05, 0.1) is 7.11 Å². The molecule has 5 nitrogen and oxygen atoms in total. The van der Waals surface area contributed by atoms with Gasteiger partial charge in [-0.15, -0.1) is 0 Å². The normalized spacial score (nSPS) is 23.9. The van der Waals surface area contributed by atoms with E-state index in [2.05, 4.69) is 9.88 Å². The Morgan fingerprint density at radius 2 is 1.85 bits per heavy atom. The van der Waals surface area contributed by atoms with Crippen molar-refractivity contribution in [2.45, 2.75) is 56.7 Å². The number of nitrogens with zero attached hydrogens (tertiary/aromatic N) is 2. The number of hydrogen-bond donors (Lipinski definition) is 0. The molecule has 0 N–H and O–H groups in total. The van der Waals surface area contributed by atoms with Crippen LogP contribution in [0, 0.1) is 0 Å². The Morgan fingerprint density at radius 1 is 1.11 bits per heavy atom. The number of piperidine rings is 1. The minimum atomic E-state index is 0.156. The minimum Gasteiger partial charge on any atom is -0.497 e. The van der Waals surface area contributed by atoms with Crippen molar-refractivity contribution in [2.75, 3.05) is 7.11 Å². The third-order valence-electron chi connectivity index (χ3n) is 5.69. The monoisotopic (exact) mass is 366 g/mol. The predicted octanol–water partition coefficient (Wildman–Crippen LogP) is 3.62. The van der Waals surface area contributed by atoms with Crippen molar-refractivity contribution >= 4 is 5.91 Å². The van der Waals surface area contributed by atoms with E-state index in [0.29, 0.717) is 24.4 Å². The lowest BCUT2D eigenvalue weighted by molar-refractivity contribution is -0.137. The molecule has 3 heterocycles. The molecule has 0 aliphatic carbocycles. The average molecular weight is 366 g/mol. The van der Waals surface area contributed by atoms with E-state index in [1.807, 2.05) is 42.5 Å². The Morgan fingerprint density at radius 3 is 2.48 bits per heavy atom. The molecule has 1 amide bonds. The highest BCUT2D eigenvalue weighted by atomic mass is 16.5. The summed E-state index contributed by atoms with van der Waals surface area (Å²) in [5, 5.41) is 0. The maximum atomic E-state index is 12.9. The van der Waals surface area contributed by atoms with Crippen molar-refractivity contribution in [3.8, 4) is 11.6 Å². The molecule has 2 aliphatic heterocycles. The zero-order chi connectivity index (χ0) is 18.6. The molecule has 2 aliphatic rings. The number of carbonyl (C=O) groups excluding carboxylic acids is 1. The first-order valence-corrected chi connectivity index (χ1v) is 9.74. The summed E-state index contributed by atoms with van der Waals surface area (Å²) in [7, 11) is 1.66. The third-order valence-corrected chi connectivity index (χ3v) is 5.69. The Balaban J connectivity index is 1.32. The van der Waals surface area contributed by atoms with Crippen LogP contribution in [0.2, 0.25) is 0 Å². The second kappa shape index (κ2) is 7.99. The van der Waals surface area contributed by atoms with E-state index in [4.69, 9.17) is 9.47 Å². The molecule has 2 aromatic rings. The van der Waals surface area contributed by atoms with E-state index in [9.17, 15) is 4.79 Å². The summed E-state index contributed by atoms with van der Waals surface area (Å²) in [5.41, 5.74) is 1.17. The lowest BCUT2D eigenvalue weighted by atomic mass is 9.98. The third kappa shape index (κ3) is 4.07. The van der Waals surface area contributed by atoms with Gasteiger partial charge in [0.2, 0.25) is 11.8 Å². The van der Waals surface area contributed by atoms with Crippen LogP contribution in [0.4, 0.5) is 0 Å². The van der Waals surface area contributed by atoms with Crippen LogP contribution in [-0.2, 0) is 11.2 Å². The van der Waals surface area contributed by atoms with Gasteiger partial charge >= 0.3 is 0 Å². The summed E-state index contributed by atoms with van der Waals surface area (Å²) < 4.78 is 11.2. The van der Waals surface area contributed by atoms with E-state index in [1.54, 1.807) is 13.3 Å². The maximum Gasteiger partial charge on any atom is 0.223 e. The summed E-state index contributed by atoms with van der Waals surface area (Å²) in [4.78, 5) is 19.3. The van der Waals surface area contributed by atoms with E-state index in [-0.39, 0.29) is 12.0 Å². The number of carbonyl (C=O) groups is 1. The smallest absolute Gasteiger partial charge is 0.223 e. The average Bonchev–Trinajstić information content (AvgIpc) is 2.98. The molecule has 2 saturated heterocycles. The van der Waals surface area contributed by atoms with E-state index in [0.717, 1.165) is 37.9 Å². The summed E-state index contributed by atoms with van der Waals surface area (Å²) in [6.07, 6.45) is 7.22. The molecule has 5 heteroatoms. The van der Waals surface area contributed by atoms with Crippen LogP contribution in [0.25, 0.3) is 0 Å². The van der Waals surface area contributed by atoms with Crippen LogP contribution in [0.1, 0.15) is 37.7 Å². The Bertz CT molecular complexity index is 749. The molecule has 142 valence electrons. The van der Waals surface area contributed by atoms with Crippen LogP contribution in [0.3, 0.4) is 0 Å². The lowest BCUT2D eigenvalue weighted by Gasteiger charge is -2.38. The Kier molecular flexibility index (Phi) is 5.28. The number of pyridine rings is 1. The number of ether oxygens (including phenoxy) is 2. The Hall–Kier alpha value is -2.56. The van der Waals surface area contributed by atoms with Gasteiger partial charge < -0.3 is 14.4 Å². The number of methoxy groups -OCH3 is 1. The first kappa shape index (κ1) is 17.8. The molecular formula is C22H26N2O3. The first-order chi connectivity index (χ1) is 13.2. The summed E-state index contributed by atoms with van der Waals surface area (Å²) >= 11 is 0. The number of aromatic nitrogens is 1. The summed E-state index contributed by atoms with van der Waals surface area (Å²) in [6, 6.07) is 14.3. The van der Waals surface area contributed by atoms with Crippen LogP contribution in [0.15, 0.2) is 48.7 Å². The molecule has 0 spiro atoms. The highest BCUT2D eigenvalue weighted by Crippen LogP contribution is 2.37. The molecule has 1 aromatic heterocycles. The van der Waals surface area contributed by atoms with Gasteiger partial charge in [-0.3, -0.25) is 4.79 Å². The van der Waals surface area contributed by atoms with E-state index >= 15 is 0 Å². The van der Waals surface area contributed by atoms with Gasteiger partial charge in [-0.1, -0.05) is 18.2 Å². The predicted molar refractivity (Wildman–Crippen MR) is 103 cm³/mol. The van der Waals surface area contributed by atoms with Crippen LogP contribution in [0.5, 0.6) is 11.6 Å². The molecule has 4 rings (SSSR count). The highest BCUT2D eigenvalue weighted by Gasteiger charge is 2.43. The van der Waals surface area contributed by atoms with Crippen molar-refractivity contribution in [1.29, 1.82) is 0 Å². The minimum absolute atomic E-state index is 0.156. The maximum absolute atomic E-state index is 12.9. The highest BCUT2D eigenvalue weighted by molar-refractivity contribution is 5.77. The second-order valence-corrected chi connectivity index (χ2v) is 7.41. The number of hydrogen-bond acceptors (Lipinski definition) is 4. The van der Waals surface area contributed by atoms with Crippen LogP contribution in [-0.4, -0.2) is 41.1 Å². The molecule has 0 radical (unpaired) electrons. The molecular weight excluding hydrogens is 340 g/mol. The number of fused-ring (bicyclic) bond motifs is 2. The zero-order valence-electron chi connectivity index (χ0n) is 15.7. The first-order valence-electron chi connectivity index (χ1n) is 9.74. The summed E-state index contributed by atoms with van der Waals surface area (Å²) in [5.74, 6) is 1.80. The lowest BCUT2D eigenvalue weighted by Crippen LogP contribution is -2.49. The fourth-order valence-electron chi connectivity index (χ4n) is 4.39. The van der Waals surface area contributed by atoms with Gasteiger partial charge in [0.25, 0.3) is 0 Å². The standard InChI is InChI=1S/C22H26N2O3/c1-26-19-10-5-16(6-11-19)7-12-22(25)24-17-8-9-18(24)15-20(14-17)27-21-4-2-3-13-23-21/h2-6,10-11,13,17-18,20H,7-9,12,14-15H2,1H3. The van der Waals surface area contributed by atoms with Crippen molar-refractivity contribution in [3.05, 3.63) is 54.2 Å². The second-order valence-electron chi connectivity index (χ2n) is 7.41. The number of aryl methyl sites for hydroxylation is 1. The van der Waals surface area contributed by atoms with Gasteiger partial charge in [0, 0.05) is 43.6 Å². The zero-order valence-corrected chi connectivity index (χ0v) is 15.7. The van der Waals surface area contributed by atoms with Gasteiger partial charge in [-0.05, 0) is 43.0 Å². The van der Waals surface area contributed by atoms with Crippen molar-refractivity contribution in [2.24, 2.45) is 0 Å². The Labute approximate surface area is 160 Å². The molecule has 27 heavy (non-hydrogen) atoms. The molecule has 2 unspecified atom stereocenters. The number of benzene rings is 1. The van der Waals surface area contributed by atoms with E-state index in [1.165, 1.54) is 5.56 Å². The SMILES string of the molecule is COc1ccc(CCC(=O)N2C3CCC2CC(Oc2ccccn2)C3)cc1.